The van der Waals surface area contributed by atoms with E-state index in [1.807, 2.05) is 18.6 Å². The van der Waals surface area contributed by atoms with Crippen molar-refractivity contribution in [1.29, 1.82) is 0 Å². The zero-order valence-corrected chi connectivity index (χ0v) is 12.2. The van der Waals surface area contributed by atoms with Crippen LogP contribution >= 0.6 is 0 Å². The minimum absolute atomic E-state index is 0.908. The van der Waals surface area contributed by atoms with E-state index in [2.05, 4.69) is 58.4 Å². The predicted octanol–water partition coefficient (Wildman–Crippen LogP) is 2.93. The van der Waals surface area contributed by atoms with E-state index in [4.69, 9.17) is 0 Å². The Balaban J connectivity index is 1.92. The molecule has 4 nitrogen and oxygen atoms in total. The summed E-state index contributed by atoms with van der Waals surface area (Å²) in [5.74, 6) is 0.960. The zero-order valence-electron chi connectivity index (χ0n) is 12.2. The first-order valence-electron chi connectivity index (χ1n) is 7.04. The summed E-state index contributed by atoms with van der Waals surface area (Å²) < 4.78 is 0. The SMILES string of the molecule is CCCNc1cc(CN(C)Cc2ccncc2)ccn1. The molecule has 4 heteroatoms. The van der Waals surface area contributed by atoms with Gasteiger partial charge in [0.2, 0.25) is 0 Å². The number of rotatable bonds is 7. The molecular formula is C16H22N4. The Morgan fingerprint density at radius 3 is 2.50 bits per heavy atom. The van der Waals surface area contributed by atoms with Crippen molar-refractivity contribution in [2.75, 3.05) is 18.9 Å². The van der Waals surface area contributed by atoms with Gasteiger partial charge >= 0.3 is 0 Å². The lowest BCUT2D eigenvalue weighted by Crippen LogP contribution is -2.17. The van der Waals surface area contributed by atoms with Crippen molar-refractivity contribution in [3.8, 4) is 0 Å². The third kappa shape index (κ3) is 4.63. The monoisotopic (exact) mass is 270 g/mol. The van der Waals surface area contributed by atoms with Crippen LogP contribution in [0.25, 0.3) is 0 Å². The van der Waals surface area contributed by atoms with Crippen LogP contribution in [0.3, 0.4) is 0 Å². The number of hydrogen-bond donors (Lipinski definition) is 1. The Labute approximate surface area is 120 Å². The molecule has 1 N–H and O–H groups in total. The first-order valence-corrected chi connectivity index (χ1v) is 7.04. The fraction of sp³-hybridized carbons (Fsp3) is 0.375. The molecule has 2 rings (SSSR count). The van der Waals surface area contributed by atoms with Crippen LogP contribution in [0.5, 0.6) is 0 Å². The molecule has 0 fully saturated rings. The van der Waals surface area contributed by atoms with Crippen molar-refractivity contribution >= 4 is 5.82 Å². The second-order valence-electron chi connectivity index (χ2n) is 5.00. The lowest BCUT2D eigenvalue weighted by Gasteiger charge is -2.17. The fourth-order valence-electron chi connectivity index (χ4n) is 2.09. The summed E-state index contributed by atoms with van der Waals surface area (Å²) in [6.45, 7) is 4.94. The van der Waals surface area contributed by atoms with Gasteiger partial charge in [0.05, 0.1) is 0 Å². The molecule has 0 atom stereocenters. The number of anilines is 1. The molecule has 0 saturated heterocycles. The molecule has 20 heavy (non-hydrogen) atoms. The quantitative estimate of drug-likeness (QED) is 0.840. The summed E-state index contributed by atoms with van der Waals surface area (Å²) in [5, 5.41) is 3.32. The van der Waals surface area contributed by atoms with Crippen molar-refractivity contribution in [3.63, 3.8) is 0 Å². The maximum Gasteiger partial charge on any atom is 0.126 e. The van der Waals surface area contributed by atoms with Crippen LogP contribution in [0.2, 0.25) is 0 Å². The van der Waals surface area contributed by atoms with E-state index in [0.717, 1.165) is 31.9 Å². The molecule has 0 aliphatic rings. The van der Waals surface area contributed by atoms with E-state index in [1.54, 1.807) is 0 Å². The Morgan fingerprint density at radius 1 is 1.05 bits per heavy atom. The van der Waals surface area contributed by atoms with Crippen molar-refractivity contribution in [3.05, 3.63) is 54.0 Å². The van der Waals surface area contributed by atoms with Crippen LogP contribution in [0.1, 0.15) is 24.5 Å². The standard InChI is InChI=1S/C16H22N4/c1-3-7-18-16-11-15(6-10-19-16)13-20(2)12-14-4-8-17-9-5-14/h4-6,8-11H,3,7,12-13H2,1-2H3,(H,18,19). The number of aromatic nitrogens is 2. The minimum atomic E-state index is 0.908. The Kier molecular flexibility index (Phi) is 5.50. The smallest absolute Gasteiger partial charge is 0.126 e. The van der Waals surface area contributed by atoms with Gasteiger partial charge in [-0.2, -0.15) is 0 Å². The van der Waals surface area contributed by atoms with E-state index >= 15 is 0 Å². The highest BCUT2D eigenvalue weighted by Crippen LogP contribution is 2.11. The van der Waals surface area contributed by atoms with E-state index < -0.39 is 0 Å². The van der Waals surface area contributed by atoms with Crippen LogP contribution in [0, 0.1) is 0 Å². The molecule has 0 radical (unpaired) electrons. The summed E-state index contributed by atoms with van der Waals surface area (Å²) in [7, 11) is 2.13. The molecule has 0 spiro atoms. The molecule has 0 aliphatic heterocycles. The Hall–Kier alpha value is -1.94. The first-order chi connectivity index (χ1) is 9.78. The van der Waals surface area contributed by atoms with Crippen LogP contribution < -0.4 is 5.32 Å². The molecule has 2 aromatic heterocycles. The number of nitrogens with one attached hydrogen (secondary N) is 1. The maximum absolute atomic E-state index is 4.33. The van der Waals surface area contributed by atoms with Crippen LogP contribution in [0.4, 0.5) is 5.82 Å². The second kappa shape index (κ2) is 7.60. The van der Waals surface area contributed by atoms with Gasteiger partial charge in [-0.3, -0.25) is 9.88 Å². The molecule has 0 aromatic carbocycles. The number of pyridine rings is 2. The molecule has 0 amide bonds. The lowest BCUT2D eigenvalue weighted by molar-refractivity contribution is 0.319. The highest BCUT2D eigenvalue weighted by molar-refractivity contribution is 5.37. The molecule has 2 heterocycles. The average Bonchev–Trinajstić information content (AvgIpc) is 2.46. The largest absolute Gasteiger partial charge is 0.370 e. The van der Waals surface area contributed by atoms with Crippen LogP contribution in [0.15, 0.2) is 42.9 Å². The van der Waals surface area contributed by atoms with Gasteiger partial charge in [-0.25, -0.2) is 4.98 Å². The summed E-state index contributed by atoms with van der Waals surface area (Å²) in [6, 6.07) is 8.30. The third-order valence-corrected chi connectivity index (χ3v) is 3.03. The fourth-order valence-corrected chi connectivity index (χ4v) is 2.09. The van der Waals surface area contributed by atoms with Crippen LogP contribution in [-0.4, -0.2) is 28.5 Å². The van der Waals surface area contributed by atoms with Gasteiger partial charge in [0.15, 0.2) is 0 Å². The van der Waals surface area contributed by atoms with Gasteiger partial charge in [0.1, 0.15) is 5.82 Å². The third-order valence-electron chi connectivity index (χ3n) is 3.03. The molecule has 0 saturated carbocycles. The summed E-state index contributed by atoms with van der Waals surface area (Å²) in [4.78, 5) is 10.7. The average molecular weight is 270 g/mol. The van der Waals surface area contributed by atoms with Gasteiger partial charge in [-0.15, -0.1) is 0 Å². The zero-order chi connectivity index (χ0) is 14.2. The van der Waals surface area contributed by atoms with E-state index in [0.29, 0.717) is 0 Å². The first kappa shape index (κ1) is 14.5. The predicted molar refractivity (Wildman–Crippen MR) is 82.4 cm³/mol. The number of hydrogen-bond acceptors (Lipinski definition) is 4. The molecule has 2 aromatic rings. The molecule has 0 aliphatic carbocycles. The molecule has 0 bridgehead atoms. The minimum Gasteiger partial charge on any atom is -0.370 e. The van der Waals surface area contributed by atoms with E-state index in [1.165, 1.54) is 11.1 Å². The Morgan fingerprint density at radius 2 is 1.75 bits per heavy atom. The topological polar surface area (TPSA) is 41.0 Å². The highest BCUT2D eigenvalue weighted by atomic mass is 15.1. The van der Waals surface area contributed by atoms with Gasteiger partial charge in [-0.05, 0) is 48.9 Å². The second-order valence-corrected chi connectivity index (χ2v) is 5.00. The van der Waals surface area contributed by atoms with Crippen molar-refractivity contribution in [2.24, 2.45) is 0 Å². The van der Waals surface area contributed by atoms with Crippen molar-refractivity contribution < 1.29 is 0 Å². The van der Waals surface area contributed by atoms with Gasteiger partial charge in [-0.1, -0.05) is 6.92 Å². The van der Waals surface area contributed by atoms with Crippen molar-refractivity contribution in [2.45, 2.75) is 26.4 Å². The summed E-state index contributed by atoms with van der Waals surface area (Å²) in [6.07, 6.45) is 6.65. The van der Waals surface area contributed by atoms with Gasteiger partial charge in [0, 0.05) is 38.2 Å². The Bertz CT molecular complexity index is 513. The van der Waals surface area contributed by atoms with E-state index in [9.17, 15) is 0 Å². The van der Waals surface area contributed by atoms with Gasteiger partial charge in [0.25, 0.3) is 0 Å². The summed E-state index contributed by atoms with van der Waals surface area (Å²) >= 11 is 0. The van der Waals surface area contributed by atoms with Crippen molar-refractivity contribution in [1.82, 2.24) is 14.9 Å². The van der Waals surface area contributed by atoms with Crippen LogP contribution in [-0.2, 0) is 13.1 Å². The van der Waals surface area contributed by atoms with Gasteiger partial charge < -0.3 is 5.32 Å². The summed E-state index contributed by atoms with van der Waals surface area (Å²) in [5.41, 5.74) is 2.55. The normalized spacial score (nSPS) is 10.8. The number of nitrogens with zero attached hydrogens (tertiary/aromatic N) is 3. The lowest BCUT2D eigenvalue weighted by atomic mass is 10.2. The van der Waals surface area contributed by atoms with E-state index in [-0.39, 0.29) is 0 Å². The molecular weight excluding hydrogens is 248 g/mol. The highest BCUT2D eigenvalue weighted by Gasteiger charge is 2.03. The maximum atomic E-state index is 4.33. The molecule has 0 unspecified atom stereocenters. The molecule has 106 valence electrons.